The molecular formula is C28H45N3O3. The standard InChI is InChI=1S/C28H45N3O3/c1-26-8-5-21(31-12-11-30-20(15-29)16-31)14-19(26)3-4-24-23(26)6-9-27(2)22(7-10-28(24,27)33)18-13-25(32)34-17-18/h13,19-24,30,33H,3-12,14-17,29H2,1-2H3/t19-,20+,21+,22-,23+,24-,26+,27-,28+/m1/s1. The molecule has 0 bridgehead atoms. The second-order valence-electron chi connectivity index (χ2n) is 13.1. The summed E-state index contributed by atoms with van der Waals surface area (Å²) in [6.07, 6.45) is 12.2. The predicted molar refractivity (Wildman–Crippen MR) is 132 cm³/mol. The maximum Gasteiger partial charge on any atom is 0.331 e. The number of aliphatic hydroxyl groups is 1. The van der Waals surface area contributed by atoms with Gasteiger partial charge in [-0.05, 0) is 92.4 Å². The van der Waals surface area contributed by atoms with Gasteiger partial charge in [0.2, 0.25) is 0 Å². The van der Waals surface area contributed by atoms with Crippen LogP contribution in [0.3, 0.4) is 0 Å². The molecule has 1 saturated heterocycles. The van der Waals surface area contributed by atoms with E-state index in [-0.39, 0.29) is 17.3 Å². The number of piperazine rings is 1. The lowest BCUT2D eigenvalue weighted by Crippen LogP contribution is -2.63. The first-order valence-corrected chi connectivity index (χ1v) is 14.1. The molecule has 34 heavy (non-hydrogen) atoms. The van der Waals surface area contributed by atoms with Crippen molar-refractivity contribution >= 4 is 5.97 Å². The lowest BCUT2D eigenvalue weighted by Gasteiger charge is -2.64. The molecule has 0 aromatic heterocycles. The molecule has 9 atom stereocenters. The quantitative estimate of drug-likeness (QED) is 0.549. The Hall–Kier alpha value is -0.950. The van der Waals surface area contributed by atoms with Crippen LogP contribution in [0.4, 0.5) is 0 Å². The van der Waals surface area contributed by atoms with Crippen LogP contribution in [0.15, 0.2) is 11.6 Å². The van der Waals surface area contributed by atoms with Crippen molar-refractivity contribution in [2.75, 3.05) is 32.8 Å². The zero-order valence-electron chi connectivity index (χ0n) is 21.2. The Bertz CT molecular complexity index is 862. The summed E-state index contributed by atoms with van der Waals surface area (Å²) in [7, 11) is 0. The number of cyclic esters (lactones) is 1. The van der Waals surface area contributed by atoms with E-state index in [0.29, 0.717) is 35.9 Å². The highest BCUT2D eigenvalue weighted by Crippen LogP contribution is 2.70. The number of esters is 1. The van der Waals surface area contributed by atoms with E-state index in [2.05, 4.69) is 24.1 Å². The highest BCUT2D eigenvalue weighted by Gasteiger charge is 2.67. The van der Waals surface area contributed by atoms with Crippen LogP contribution in [0.5, 0.6) is 0 Å². The zero-order valence-corrected chi connectivity index (χ0v) is 21.2. The first-order valence-electron chi connectivity index (χ1n) is 14.1. The van der Waals surface area contributed by atoms with E-state index in [1.54, 1.807) is 6.08 Å². The van der Waals surface area contributed by atoms with Gasteiger partial charge in [-0.2, -0.15) is 0 Å². The molecule has 190 valence electrons. The second-order valence-corrected chi connectivity index (χ2v) is 13.1. The number of nitrogens with one attached hydrogen (secondary N) is 1. The van der Waals surface area contributed by atoms with Crippen molar-refractivity contribution in [1.29, 1.82) is 0 Å². The number of hydrogen-bond donors (Lipinski definition) is 3. The molecule has 4 N–H and O–H groups in total. The van der Waals surface area contributed by atoms with Crippen molar-refractivity contribution in [1.82, 2.24) is 10.2 Å². The number of carbonyl (C=O) groups is 1. The maximum atomic E-state index is 12.4. The summed E-state index contributed by atoms with van der Waals surface area (Å²) in [6.45, 7) is 9.37. The first kappa shape index (κ1) is 23.4. The molecule has 0 unspecified atom stereocenters. The van der Waals surface area contributed by atoms with E-state index in [9.17, 15) is 9.90 Å². The van der Waals surface area contributed by atoms with Crippen molar-refractivity contribution < 1.29 is 14.6 Å². The number of carbonyl (C=O) groups excluding carboxylic acids is 1. The molecule has 2 heterocycles. The summed E-state index contributed by atoms with van der Waals surface area (Å²) in [5, 5.41) is 16.0. The number of nitrogens with two attached hydrogens (primary N) is 1. The lowest BCUT2D eigenvalue weighted by molar-refractivity contribution is -0.206. The summed E-state index contributed by atoms with van der Waals surface area (Å²) in [5.41, 5.74) is 6.72. The number of hydrogen-bond acceptors (Lipinski definition) is 6. The Labute approximate surface area is 205 Å². The fourth-order valence-corrected chi connectivity index (χ4v) is 10.1. The average molecular weight is 472 g/mol. The number of rotatable bonds is 3. The second kappa shape index (κ2) is 8.29. The Morgan fingerprint density at radius 3 is 2.76 bits per heavy atom. The van der Waals surface area contributed by atoms with Crippen molar-refractivity contribution in [3.8, 4) is 0 Å². The van der Waals surface area contributed by atoms with Gasteiger partial charge in [-0.25, -0.2) is 4.79 Å². The molecule has 4 aliphatic carbocycles. The van der Waals surface area contributed by atoms with E-state index in [4.69, 9.17) is 10.5 Å². The molecule has 5 fully saturated rings. The van der Waals surface area contributed by atoms with Gasteiger partial charge in [0.1, 0.15) is 6.61 Å². The van der Waals surface area contributed by atoms with Crippen LogP contribution in [-0.2, 0) is 9.53 Å². The fourth-order valence-electron chi connectivity index (χ4n) is 10.1. The Morgan fingerprint density at radius 2 is 2.00 bits per heavy atom. The van der Waals surface area contributed by atoms with Gasteiger partial charge in [-0.1, -0.05) is 13.8 Å². The minimum atomic E-state index is -0.606. The van der Waals surface area contributed by atoms with E-state index in [0.717, 1.165) is 63.4 Å². The van der Waals surface area contributed by atoms with Crippen LogP contribution in [0.1, 0.15) is 71.6 Å². The van der Waals surface area contributed by atoms with Crippen molar-refractivity contribution in [2.24, 2.45) is 40.2 Å². The Morgan fingerprint density at radius 1 is 1.15 bits per heavy atom. The number of ether oxygens (including phenoxy) is 1. The van der Waals surface area contributed by atoms with Crippen LogP contribution in [0, 0.1) is 34.5 Å². The molecule has 0 amide bonds. The molecule has 0 aromatic carbocycles. The summed E-state index contributed by atoms with van der Waals surface area (Å²) in [5.74, 6) is 1.88. The summed E-state index contributed by atoms with van der Waals surface area (Å²) in [6, 6.07) is 1.14. The topological polar surface area (TPSA) is 87.8 Å². The smallest absolute Gasteiger partial charge is 0.331 e. The molecule has 2 aliphatic heterocycles. The average Bonchev–Trinajstić information content (AvgIpc) is 3.38. The summed E-state index contributed by atoms with van der Waals surface area (Å²) < 4.78 is 5.27. The lowest BCUT2D eigenvalue weighted by atomic mass is 9.43. The Balaban J connectivity index is 1.20. The van der Waals surface area contributed by atoms with Crippen molar-refractivity contribution in [2.45, 2.75) is 89.3 Å². The molecule has 6 heteroatoms. The molecule has 6 nitrogen and oxygen atoms in total. The minimum Gasteiger partial charge on any atom is -0.458 e. The molecular weight excluding hydrogens is 426 g/mol. The molecule has 6 aliphatic rings. The summed E-state index contributed by atoms with van der Waals surface area (Å²) >= 11 is 0. The monoisotopic (exact) mass is 471 g/mol. The van der Waals surface area contributed by atoms with Gasteiger partial charge in [0.25, 0.3) is 0 Å². The van der Waals surface area contributed by atoms with Gasteiger partial charge in [0, 0.05) is 49.8 Å². The van der Waals surface area contributed by atoms with Gasteiger partial charge in [0.05, 0.1) is 5.60 Å². The third-order valence-electron chi connectivity index (χ3n) is 12.0. The van der Waals surface area contributed by atoms with Gasteiger partial charge in [-0.15, -0.1) is 0 Å². The number of nitrogens with zero attached hydrogens (tertiary/aromatic N) is 1. The van der Waals surface area contributed by atoms with Crippen LogP contribution in [0.25, 0.3) is 0 Å². The predicted octanol–water partition coefficient (Wildman–Crippen LogP) is 2.84. The Kier molecular flexibility index (Phi) is 5.72. The molecule has 0 aromatic rings. The van der Waals surface area contributed by atoms with Gasteiger partial charge in [0.15, 0.2) is 0 Å². The normalized spacial score (nSPS) is 51.3. The fraction of sp³-hybridized carbons (Fsp3) is 0.893. The van der Waals surface area contributed by atoms with Gasteiger partial charge >= 0.3 is 5.97 Å². The highest BCUT2D eigenvalue weighted by atomic mass is 16.5. The van der Waals surface area contributed by atoms with E-state index in [1.165, 1.54) is 32.1 Å². The number of fused-ring (bicyclic) bond motifs is 5. The third-order valence-corrected chi connectivity index (χ3v) is 12.0. The van der Waals surface area contributed by atoms with Crippen LogP contribution >= 0.6 is 0 Å². The first-order chi connectivity index (χ1) is 16.3. The zero-order chi connectivity index (χ0) is 23.7. The molecule has 6 rings (SSSR count). The maximum absolute atomic E-state index is 12.4. The van der Waals surface area contributed by atoms with Gasteiger partial charge in [-0.3, -0.25) is 4.90 Å². The van der Waals surface area contributed by atoms with Crippen molar-refractivity contribution in [3.05, 3.63) is 11.6 Å². The highest BCUT2D eigenvalue weighted by molar-refractivity contribution is 5.85. The van der Waals surface area contributed by atoms with Crippen molar-refractivity contribution in [3.63, 3.8) is 0 Å². The van der Waals surface area contributed by atoms with Crippen LogP contribution < -0.4 is 11.1 Å². The summed E-state index contributed by atoms with van der Waals surface area (Å²) in [4.78, 5) is 14.5. The molecule has 4 saturated carbocycles. The van der Waals surface area contributed by atoms with E-state index in [1.807, 2.05) is 0 Å². The van der Waals surface area contributed by atoms with E-state index < -0.39 is 5.60 Å². The molecule has 0 radical (unpaired) electrons. The SMILES string of the molecule is C[C@]12CC[C@H](N3CCN[C@@H](CN)C3)C[C@H]1CC[C@@H]1[C@@H]2CC[C@]2(C)[C@@H](C3=CC(=O)OC3)CC[C@]12O. The van der Waals surface area contributed by atoms with Gasteiger partial charge < -0.3 is 20.9 Å². The van der Waals surface area contributed by atoms with Crippen LogP contribution in [0.2, 0.25) is 0 Å². The largest absolute Gasteiger partial charge is 0.458 e. The minimum absolute atomic E-state index is 0.133. The van der Waals surface area contributed by atoms with Crippen LogP contribution in [-0.4, -0.2) is 66.4 Å². The molecule has 0 spiro atoms. The van der Waals surface area contributed by atoms with E-state index >= 15 is 0 Å². The third kappa shape index (κ3) is 3.31.